The van der Waals surface area contributed by atoms with Gasteiger partial charge in [0.1, 0.15) is 12.5 Å². The number of esters is 2. The van der Waals surface area contributed by atoms with Crippen molar-refractivity contribution in [1.82, 2.24) is 5.32 Å². The second kappa shape index (κ2) is 11.6. The molecule has 0 aliphatic carbocycles. The van der Waals surface area contributed by atoms with Gasteiger partial charge in [0.05, 0.1) is 66.0 Å². The Balaban J connectivity index is 2.99. The van der Waals surface area contributed by atoms with E-state index in [9.17, 15) is 27.2 Å². The molecule has 7 nitrogen and oxygen atoms in total. The second-order valence-corrected chi connectivity index (χ2v) is 7.25. The lowest BCUT2D eigenvalue weighted by Crippen LogP contribution is -2.37. The van der Waals surface area contributed by atoms with Crippen LogP contribution in [0.3, 0.4) is 0 Å². The highest BCUT2D eigenvalue weighted by Crippen LogP contribution is 2.47. The fraction of sp³-hybridized carbons (Fsp3) is 0.429. The van der Waals surface area contributed by atoms with Crippen molar-refractivity contribution in [2.45, 2.75) is 19.0 Å². The molecule has 13 heteroatoms. The number of carbonyl (C=O) groups is 2. The van der Waals surface area contributed by atoms with E-state index in [0.717, 1.165) is 7.11 Å². The Bertz CT molecular complexity index is 1010. The molecule has 0 radical (unpaired) electrons. The lowest BCUT2D eigenvalue weighted by molar-refractivity contribution is -0.141. The van der Waals surface area contributed by atoms with Gasteiger partial charge in [0.15, 0.2) is 0 Å². The Labute approximate surface area is 196 Å². The van der Waals surface area contributed by atoms with Gasteiger partial charge in [0.25, 0.3) is 0 Å². The fourth-order valence-electron chi connectivity index (χ4n) is 3.51. The molecule has 0 bridgehead atoms. The zero-order valence-electron chi connectivity index (χ0n) is 18.2. The maximum Gasteiger partial charge on any atom is 0.418 e. The van der Waals surface area contributed by atoms with Gasteiger partial charge in [-0.2, -0.15) is 13.2 Å². The minimum absolute atomic E-state index is 0.0240. The third-order valence-electron chi connectivity index (χ3n) is 4.79. The first kappa shape index (κ1) is 27.5. The van der Waals surface area contributed by atoms with Crippen molar-refractivity contribution in [3.8, 4) is 0 Å². The number of halogens is 6. The van der Waals surface area contributed by atoms with Crippen molar-refractivity contribution >= 4 is 23.5 Å². The van der Waals surface area contributed by atoms with Gasteiger partial charge >= 0.3 is 18.1 Å². The summed E-state index contributed by atoms with van der Waals surface area (Å²) in [6.45, 7) is -0.581. The first-order chi connectivity index (χ1) is 16.0. The van der Waals surface area contributed by atoms with Crippen LogP contribution in [0.1, 0.15) is 24.0 Å². The number of allylic oxidation sites excluding steroid dienone is 1. The average Bonchev–Trinajstić information content (AvgIpc) is 2.78. The number of hydrogen-bond acceptors (Lipinski definition) is 7. The highest BCUT2D eigenvalue weighted by atomic mass is 35.5. The van der Waals surface area contributed by atoms with Crippen LogP contribution in [0.2, 0.25) is 5.02 Å². The van der Waals surface area contributed by atoms with E-state index in [-0.39, 0.29) is 25.5 Å². The van der Waals surface area contributed by atoms with Crippen LogP contribution >= 0.6 is 11.6 Å². The molecule has 1 aliphatic rings. The lowest BCUT2D eigenvalue weighted by atomic mass is 9.78. The van der Waals surface area contributed by atoms with Gasteiger partial charge in [-0.1, -0.05) is 11.6 Å². The highest BCUT2D eigenvalue weighted by Gasteiger charge is 2.47. The third kappa shape index (κ3) is 5.68. The monoisotopic (exact) mass is 512 g/mol. The summed E-state index contributed by atoms with van der Waals surface area (Å²) in [7, 11) is 0.898. The van der Waals surface area contributed by atoms with Crippen LogP contribution in [0, 0.1) is 5.82 Å². The number of alkyl halides is 4. The zero-order valence-corrected chi connectivity index (χ0v) is 18.9. The van der Waals surface area contributed by atoms with Crippen LogP contribution in [0.15, 0.2) is 34.7 Å². The number of benzene rings is 1. The van der Waals surface area contributed by atoms with Crippen LogP contribution < -0.4 is 11.1 Å². The minimum atomic E-state index is -5.20. The molecular formula is C21H22ClF5N2O5. The maximum atomic E-state index is 15.1. The van der Waals surface area contributed by atoms with E-state index < -0.39 is 76.1 Å². The van der Waals surface area contributed by atoms with Crippen LogP contribution in [-0.4, -0.2) is 52.1 Å². The SMILES string of the molecule is CCOC(=O)C1=C(COCCN)NC(CF)=C(C(=O)OC)C1c1c(F)ccc(Cl)c1C(F)(F)F. The summed E-state index contributed by atoms with van der Waals surface area (Å²) < 4.78 is 86.0. The van der Waals surface area contributed by atoms with Gasteiger partial charge < -0.3 is 25.3 Å². The van der Waals surface area contributed by atoms with Gasteiger partial charge in [-0.25, -0.2) is 18.4 Å². The van der Waals surface area contributed by atoms with Gasteiger partial charge in [0, 0.05) is 12.1 Å². The topological polar surface area (TPSA) is 99.9 Å². The van der Waals surface area contributed by atoms with Gasteiger partial charge in [-0.15, -0.1) is 0 Å². The van der Waals surface area contributed by atoms with E-state index in [0.29, 0.717) is 12.1 Å². The molecule has 0 aromatic heterocycles. The number of carbonyl (C=O) groups excluding carboxylic acids is 2. The van der Waals surface area contributed by atoms with E-state index in [1.807, 2.05) is 0 Å². The number of methoxy groups -OCH3 is 1. The van der Waals surface area contributed by atoms with Crippen molar-refractivity contribution in [2.24, 2.45) is 5.73 Å². The van der Waals surface area contributed by atoms with Crippen LogP contribution in [0.4, 0.5) is 22.0 Å². The van der Waals surface area contributed by atoms with Crippen LogP contribution in [-0.2, 0) is 30.0 Å². The van der Waals surface area contributed by atoms with Crippen LogP contribution in [0.5, 0.6) is 0 Å². The predicted molar refractivity (Wildman–Crippen MR) is 111 cm³/mol. The molecule has 3 N–H and O–H groups in total. The predicted octanol–water partition coefficient (Wildman–Crippen LogP) is 3.37. The molecule has 1 aromatic rings. The van der Waals surface area contributed by atoms with Crippen molar-refractivity contribution in [3.63, 3.8) is 0 Å². The quantitative estimate of drug-likeness (QED) is 0.297. The van der Waals surface area contributed by atoms with Gasteiger partial charge in [-0.05, 0) is 19.1 Å². The highest BCUT2D eigenvalue weighted by molar-refractivity contribution is 6.31. The Hall–Kier alpha value is -2.70. The molecule has 0 fully saturated rings. The molecule has 34 heavy (non-hydrogen) atoms. The molecule has 1 heterocycles. The van der Waals surface area contributed by atoms with E-state index in [4.69, 9.17) is 26.8 Å². The molecule has 0 amide bonds. The molecule has 1 atom stereocenters. The smallest absolute Gasteiger partial charge is 0.418 e. The summed E-state index contributed by atoms with van der Waals surface area (Å²) in [5, 5.41) is 1.60. The molecule has 188 valence electrons. The number of nitrogens with two attached hydrogens (primary N) is 1. The Morgan fingerprint density at radius 2 is 1.82 bits per heavy atom. The fourth-order valence-corrected chi connectivity index (χ4v) is 3.79. The van der Waals surface area contributed by atoms with Crippen molar-refractivity contribution < 1.29 is 45.8 Å². The van der Waals surface area contributed by atoms with E-state index in [1.165, 1.54) is 6.92 Å². The second-order valence-electron chi connectivity index (χ2n) is 6.85. The largest absolute Gasteiger partial charge is 0.466 e. The van der Waals surface area contributed by atoms with Crippen molar-refractivity contribution in [2.75, 3.05) is 40.1 Å². The summed E-state index contributed by atoms with van der Waals surface area (Å²) >= 11 is 5.78. The Morgan fingerprint density at radius 3 is 2.35 bits per heavy atom. The number of nitrogens with one attached hydrogen (secondary N) is 1. The Kier molecular flexibility index (Phi) is 9.42. The number of dihydropyridines is 1. The first-order valence-electron chi connectivity index (χ1n) is 9.90. The van der Waals surface area contributed by atoms with Crippen LogP contribution in [0.25, 0.3) is 0 Å². The summed E-state index contributed by atoms with van der Waals surface area (Å²) in [6.07, 6.45) is -5.20. The van der Waals surface area contributed by atoms with E-state index in [2.05, 4.69) is 10.1 Å². The van der Waals surface area contributed by atoms with E-state index in [1.54, 1.807) is 0 Å². The maximum absolute atomic E-state index is 15.1. The summed E-state index contributed by atoms with van der Waals surface area (Å²) in [5.41, 5.74) is 0.463. The standard InChI is InChI=1S/C21H22ClF5N2O5/c1-3-34-20(31)16-13(9-33-7-6-28)29-12(8-23)15(19(30)32-2)17(16)14-11(24)5-4-10(22)18(14)21(25,26)27/h4-5,17,29H,3,6-9,28H2,1-2H3. The first-order valence-corrected chi connectivity index (χ1v) is 10.3. The molecular weight excluding hydrogens is 491 g/mol. The Morgan fingerprint density at radius 1 is 1.18 bits per heavy atom. The molecule has 0 saturated heterocycles. The molecule has 0 saturated carbocycles. The van der Waals surface area contributed by atoms with Gasteiger partial charge in [0.2, 0.25) is 0 Å². The normalized spacial score (nSPS) is 16.4. The van der Waals surface area contributed by atoms with E-state index >= 15 is 4.39 Å². The molecule has 1 aromatic carbocycles. The molecule has 2 rings (SSSR count). The third-order valence-corrected chi connectivity index (χ3v) is 5.10. The zero-order chi connectivity index (χ0) is 25.6. The minimum Gasteiger partial charge on any atom is -0.466 e. The van der Waals surface area contributed by atoms with Crippen molar-refractivity contribution in [3.05, 3.63) is 56.6 Å². The number of hydrogen-bond donors (Lipinski definition) is 2. The van der Waals surface area contributed by atoms with Gasteiger partial charge in [-0.3, -0.25) is 0 Å². The summed E-state index contributed by atoms with van der Waals surface area (Å²) in [5.74, 6) is -5.99. The number of ether oxygens (including phenoxy) is 3. The molecule has 1 unspecified atom stereocenters. The molecule has 0 spiro atoms. The lowest BCUT2D eigenvalue weighted by Gasteiger charge is -2.33. The molecule has 1 aliphatic heterocycles. The number of rotatable bonds is 9. The van der Waals surface area contributed by atoms with Crippen molar-refractivity contribution in [1.29, 1.82) is 0 Å². The average molecular weight is 513 g/mol. The summed E-state index contributed by atoms with van der Waals surface area (Å²) in [4.78, 5) is 25.6. The summed E-state index contributed by atoms with van der Waals surface area (Å²) in [6, 6.07) is 1.33.